The summed E-state index contributed by atoms with van der Waals surface area (Å²) in [6.45, 7) is 7.02. The number of hydrogen-bond acceptors (Lipinski definition) is 2. The zero-order chi connectivity index (χ0) is 11.3. The first kappa shape index (κ1) is 13.0. The van der Waals surface area contributed by atoms with Gasteiger partial charge in [-0.1, -0.05) is 26.7 Å². The van der Waals surface area contributed by atoms with Gasteiger partial charge in [0.15, 0.2) is 0 Å². The Morgan fingerprint density at radius 1 is 1.20 bits per heavy atom. The van der Waals surface area contributed by atoms with Crippen LogP contribution in [0.1, 0.15) is 39.5 Å². The van der Waals surface area contributed by atoms with E-state index in [-0.39, 0.29) is 0 Å². The molecule has 1 unspecified atom stereocenters. The van der Waals surface area contributed by atoms with Crippen LogP contribution in [0.3, 0.4) is 0 Å². The van der Waals surface area contributed by atoms with Crippen molar-refractivity contribution in [1.29, 1.82) is 0 Å². The molecular weight excluding hydrogens is 184 g/mol. The highest BCUT2D eigenvalue weighted by atomic mass is 15.1. The van der Waals surface area contributed by atoms with Crippen molar-refractivity contribution in [3.63, 3.8) is 0 Å². The second-order valence-corrected chi connectivity index (χ2v) is 5.67. The lowest BCUT2D eigenvalue weighted by Crippen LogP contribution is -2.43. The van der Waals surface area contributed by atoms with Gasteiger partial charge in [0.25, 0.3) is 0 Å². The molecule has 0 aliphatic heterocycles. The minimum atomic E-state index is 0.653. The van der Waals surface area contributed by atoms with Gasteiger partial charge in [0.05, 0.1) is 0 Å². The summed E-state index contributed by atoms with van der Waals surface area (Å²) in [5.41, 5.74) is 0. The molecule has 1 rings (SSSR count). The topological polar surface area (TPSA) is 15.3 Å². The largest absolute Gasteiger partial charge is 0.312 e. The van der Waals surface area contributed by atoms with Crippen molar-refractivity contribution in [2.45, 2.75) is 45.6 Å². The van der Waals surface area contributed by atoms with E-state index in [0.717, 1.165) is 18.4 Å². The summed E-state index contributed by atoms with van der Waals surface area (Å²) >= 11 is 0. The number of nitrogens with one attached hydrogen (secondary N) is 1. The van der Waals surface area contributed by atoms with E-state index in [0.29, 0.717) is 6.04 Å². The predicted octanol–water partition coefficient (Wildman–Crippen LogP) is 2.35. The summed E-state index contributed by atoms with van der Waals surface area (Å²) in [5.74, 6) is 1.68. The summed E-state index contributed by atoms with van der Waals surface area (Å²) < 4.78 is 0. The first-order valence-electron chi connectivity index (χ1n) is 6.47. The Balaban J connectivity index is 2.24. The summed E-state index contributed by atoms with van der Waals surface area (Å²) in [6.07, 6.45) is 5.79. The standard InChI is InChI=1S/C13H28N2/c1-11(2)13(10-15(3)4)14-9-12-7-5-6-8-12/h11-14H,5-10H2,1-4H3. The molecule has 0 aromatic rings. The molecule has 15 heavy (non-hydrogen) atoms. The van der Waals surface area contributed by atoms with Gasteiger partial charge in [-0.05, 0) is 45.3 Å². The van der Waals surface area contributed by atoms with E-state index in [2.05, 4.69) is 38.2 Å². The Morgan fingerprint density at radius 3 is 2.27 bits per heavy atom. The molecule has 0 bridgehead atoms. The van der Waals surface area contributed by atoms with Crippen molar-refractivity contribution in [3.05, 3.63) is 0 Å². The number of rotatable bonds is 6. The Bertz CT molecular complexity index is 160. The maximum Gasteiger partial charge on any atom is 0.0217 e. The van der Waals surface area contributed by atoms with Crippen LogP contribution in [0.4, 0.5) is 0 Å². The number of nitrogens with zero attached hydrogens (tertiary/aromatic N) is 1. The molecule has 0 aromatic heterocycles. The lowest BCUT2D eigenvalue weighted by molar-refractivity contribution is 0.278. The SMILES string of the molecule is CC(C)C(CN(C)C)NCC1CCCC1. The van der Waals surface area contributed by atoms with E-state index in [9.17, 15) is 0 Å². The van der Waals surface area contributed by atoms with E-state index in [4.69, 9.17) is 0 Å². The van der Waals surface area contributed by atoms with Gasteiger partial charge in [-0.3, -0.25) is 0 Å². The normalized spacial score (nSPS) is 20.4. The maximum atomic E-state index is 3.75. The molecule has 0 saturated heterocycles. The highest BCUT2D eigenvalue weighted by Crippen LogP contribution is 2.24. The van der Waals surface area contributed by atoms with Gasteiger partial charge in [-0.2, -0.15) is 0 Å². The first-order chi connectivity index (χ1) is 7.09. The van der Waals surface area contributed by atoms with Crippen LogP contribution in [0.25, 0.3) is 0 Å². The van der Waals surface area contributed by atoms with Crippen LogP contribution >= 0.6 is 0 Å². The fraction of sp³-hybridized carbons (Fsp3) is 1.00. The van der Waals surface area contributed by atoms with Gasteiger partial charge >= 0.3 is 0 Å². The molecule has 1 aliphatic carbocycles. The molecule has 1 atom stereocenters. The van der Waals surface area contributed by atoms with E-state index in [1.165, 1.54) is 32.2 Å². The maximum absolute atomic E-state index is 3.75. The average molecular weight is 212 g/mol. The fourth-order valence-electron chi connectivity index (χ4n) is 2.44. The molecule has 1 N–H and O–H groups in total. The van der Waals surface area contributed by atoms with Crippen molar-refractivity contribution in [2.75, 3.05) is 27.2 Å². The molecule has 1 fully saturated rings. The molecule has 0 amide bonds. The highest BCUT2D eigenvalue weighted by Gasteiger charge is 2.18. The smallest absolute Gasteiger partial charge is 0.0217 e. The Kier molecular flexibility index (Phi) is 5.62. The number of hydrogen-bond donors (Lipinski definition) is 1. The van der Waals surface area contributed by atoms with Crippen LogP contribution < -0.4 is 5.32 Å². The molecule has 90 valence electrons. The molecule has 0 spiro atoms. The van der Waals surface area contributed by atoms with E-state index < -0.39 is 0 Å². The lowest BCUT2D eigenvalue weighted by Gasteiger charge is -2.27. The molecule has 2 nitrogen and oxygen atoms in total. The van der Waals surface area contributed by atoms with E-state index >= 15 is 0 Å². The second kappa shape index (κ2) is 6.49. The third-order valence-corrected chi connectivity index (χ3v) is 3.51. The van der Waals surface area contributed by atoms with E-state index in [1.54, 1.807) is 0 Å². The summed E-state index contributed by atoms with van der Waals surface area (Å²) in [6, 6.07) is 0.653. The van der Waals surface area contributed by atoms with Gasteiger partial charge < -0.3 is 10.2 Å². The zero-order valence-corrected chi connectivity index (χ0v) is 10.9. The molecule has 2 heteroatoms. The average Bonchev–Trinajstić information content (AvgIpc) is 2.63. The summed E-state index contributed by atoms with van der Waals surface area (Å²) in [5, 5.41) is 3.75. The Morgan fingerprint density at radius 2 is 1.80 bits per heavy atom. The zero-order valence-electron chi connectivity index (χ0n) is 10.9. The molecule has 0 aromatic carbocycles. The third kappa shape index (κ3) is 4.98. The molecule has 1 aliphatic rings. The molecular formula is C13H28N2. The van der Waals surface area contributed by atoms with Crippen LogP contribution in [0.5, 0.6) is 0 Å². The third-order valence-electron chi connectivity index (χ3n) is 3.51. The summed E-state index contributed by atoms with van der Waals surface area (Å²) in [7, 11) is 4.32. The van der Waals surface area contributed by atoms with Gasteiger partial charge in [0, 0.05) is 12.6 Å². The minimum Gasteiger partial charge on any atom is -0.312 e. The molecule has 1 saturated carbocycles. The van der Waals surface area contributed by atoms with Gasteiger partial charge in [0.2, 0.25) is 0 Å². The molecule has 0 radical (unpaired) electrons. The first-order valence-corrected chi connectivity index (χ1v) is 6.47. The Labute approximate surface area is 95.4 Å². The van der Waals surface area contributed by atoms with Crippen molar-refractivity contribution in [1.82, 2.24) is 10.2 Å². The van der Waals surface area contributed by atoms with Crippen molar-refractivity contribution in [2.24, 2.45) is 11.8 Å². The second-order valence-electron chi connectivity index (χ2n) is 5.67. The molecule has 0 heterocycles. The number of likely N-dealkylation sites (N-methyl/N-ethyl adjacent to an activating group) is 1. The van der Waals surface area contributed by atoms with Crippen LogP contribution in [0.15, 0.2) is 0 Å². The van der Waals surface area contributed by atoms with Crippen molar-refractivity contribution < 1.29 is 0 Å². The van der Waals surface area contributed by atoms with Gasteiger partial charge in [0.1, 0.15) is 0 Å². The quantitative estimate of drug-likeness (QED) is 0.727. The van der Waals surface area contributed by atoms with Crippen LogP contribution in [0, 0.1) is 11.8 Å². The van der Waals surface area contributed by atoms with Crippen molar-refractivity contribution in [3.8, 4) is 0 Å². The van der Waals surface area contributed by atoms with Gasteiger partial charge in [-0.25, -0.2) is 0 Å². The summed E-state index contributed by atoms with van der Waals surface area (Å²) in [4.78, 5) is 2.28. The predicted molar refractivity (Wildman–Crippen MR) is 67.1 cm³/mol. The van der Waals surface area contributed by atoms with Gasteiger partial charge in [-0.15, -0.1) is 0 Å². The van der Waals surface area contributed by atoms with Crippen LogP contribution in [-0.4, -0.2) is 38.1 Å². The highest BCUT2D eigenvalue weighted by molar-refractivity contribution is 4.77. The van der Waals surface area contributed by atoms with E-state index in [1.807, 2.05) is 0 Å². The van der Waals surface area contributed by atoms with Crippen LogP contribution in [-0.2, 0) is 0 Å². The Hall–Kier alpha value is -0.0800. The lowest BCUT2D eigenvalue weighted by atomic mass is 10.0. The monoisotopic (exact) mass is 212 g/mol. The van der Waals surface area contributed by atoms with Crippen molar-refractivity contribution >= 4 is 0 Å². The fourth-order valence-corrected chi connectivity index (χ4v) is 2.44. The minimum absolute atomic E-state index is 0.653. The van der Waals surface area contributed by atoms with Crippen LogP contribution in [0.2, 0.25) is 0 Å².